The van der Waals surface area contributed by atoms with E-state index < -0.39 is 15.4 Å². The van der Waals surface area contributed by atoms with Crippen LogP contribution in [0.4, 0.5) is 0 Å². The van der Waals surface area contributed by atoms with E-state index in [-0.39, 0.29) is 11.8 Å². The SMILES string of the molecule is CC(C)(CCl)C(=O)NCCc1ccc(S(=O)(=O)N2CCCCCC2)cc1. The van der Waals surface area contributed by atoms with Crippen LogP contribution in [-0.2, 0) is 21.2 Å². The topological polar surface area (TPSA) is 66.5 Å². The molecular formula is C19H29ClN2O3S. The van der Waals surface area contributed by atoms with Gasteiger partial charge in [-0.3, -0.25) is 4.79 Å². The monoisotopic (exact) mass is 400 g/mol. The lowest BCUT2D eigenvalue weighted by atomic mass is 9.95. The van der Waals surface area contributed by atoms with Crippen molar-refractivity contribution < 1.29 is 13.2 Å². The van der Waals surface area contributed by atoms with E-state index >= 15 is 0 Å². The predicted octanol–water partition coefficient (Wildman–Crippen LogP) is 3.18. The lowest BCUT2D eigenvalue weighted by molar-refractivity contribution is -0.128. The second-order valence-electron chi connectivity index (χ2n) is 7.49. The van der Waals surface area contributed by atoms with E-state index in [1.165, 1.54) is 0 Å². The quantitative estimate of drug-likeness (QED) is 0.715. The van der Waals surface area contributed by atoms with Gasteiger partial charge in [0, 0.05) is 25.5 Å². The number of rotatable bonds is 7. The van der Waals surface area contributed by atoms with Crippen LogP contribution in [0.15, 0.2) is 29.2 Å². The minimum absolute atomic E-state index is 0.0761. The number of carbonyl (C=O) groups is 1. The van der Waals surface area contributed by atoms with Crippen LogP contribution in [0.1, 0.15) is 45.1 Å². The standard InChI is InChI=1S/C19H29ClN2O3S/c1-19(2,15-20)18(23)21-12-11-16-7-9-17(10-8-16)26(24,25)22-13-5-3-4-6-14-22/h7-10H,3-6,11-15H2,1-2H3,(H,21,23). The first-order valence-electron chi connectivity index (χ1n) is 9.21. The van der Waals surface area contributed by atoms with Crippen LogP contribution < -0.4 is 5.32 Å². The molecule has 1 N–H and O–H groups in total. The van der Waals surface area contributed by atoms with Gasteiger partial charge in [-0.15, -0.1) is 11.6 Å². The summed E-state index contributed by atoms with van der Waals surface area (Å²) in [6.07, 6.45) is 4.69. The lowest BCUT2D eigenvalue weighted by Crippen LogP contribution is -2.39. The molecule has 26 heavy (non-hydrogen) atoms. The molecule has 0 atom stereocenters. The minimum atomic E-state index is -3.41. The maximum atomic E-state index is 12.8. The molecule has 5 nitrogen and oxygen atoms in total. The van der Waals surface area contributed by atoms with Crippen LogP contribution in [0, 0.1) is 5.41 Å². The van der Waals surface area contributed by atoms with Gasteiger partial charge in [0.1, 0.15) is 0 Å². The van der Waals surface area contributed by atoms with E-state index in [2.05, 4.69) is 5.32 Å². The number of nitrogens with one attached hydrogen (secondary N) is 1. The van der Waals surface area contributed by atoms with Crippen molar-refractivity contribution >= 4 is 27.5 Å². The normalized spacial score (nSPS) is 16.9. The second kappa shape index (κ2) is 9.20. The van der Waals surface area contributed by atoms with Gasteiger partial charge in [0.2, 0.25) is 15.9 Å². The minimum Gasteiger partial charge on any atom is -0.355 e. The zero-order valence-corrected chi connectivity index (χ0v) is 17.2. The largest absolute Gasteiger partial charge is 0.355 e. The smallest absolute Gasteiger partial charge is 0.243 e. The van der Waals surface area contributed by atoms with Crippen LogP contribution in [0.2, 0.25) is 0 Å². The summed E-state index contributed by atoms with van der Waals surface area (Å²) in [7, 11) is -3.41. The van der Waals surface area contributed by atoms with Crippen LogP contribution in [0.5, 0.6) is 0 Å². The number of hydrogen-bond acceptors (Lipinski definition) is 3. The summed E-state index contributed by atoms with van der Waals surface area (Å²) in [5, 5.41) is 2.88. The molecule has 146 valence electrons. The number of amides is 1. The highest BCUT2D eigenvalue weighted by Crippen LogP contribution is 2.21. The Morgan fingerprint density at radius 2 is 1.69 bits per heavy atom. The van der Waals surface area contributed by atoms with Gasteiger partial charge >= 0.3 is 0 Å². The molecule has 1 aromatic carbocycles. The van der Waals surface area contributed by atoms with Crippen molar-refractivity contribution in [2.45, 2.75) is 50.8 Å². The summed E-state index contributed by atoms with van der Waals surface area (Å²) in [4.78, 5) is 12.3. The summed E-state index contributed by atoms with van der Waals surface area (Å²) in [6, 6.07) is 6.98. The lowest BCUT2D eigenvalue weighted by Gasteiger charge is -2.20. The van der Waals surface area contributed by atoms with Gasteiger partial charge in [0.05, 0.1) is 10.3 Å². The number of carbonyl (C=O) groups excluding carboxylic acids is 1. The molecule has 1 fully saturated rings. The fraction of sp³-hybridized carbons (Fsp3) is 0.632. The molecule has 0 saturated carbocycles. The van der Waals surface area contributed by atoms with Gasteiger partial charge in [-0.1, -0.05) is 25.0 Å². The summed E-state index contributed by atoms with van der Waals surface area (Å²) in [5.74, 6) is 0.190. The highest BCUT2D eigenvalue weighted by atomic mass is 35.5. The molecule has 1 aliphatic heterocycles. The number of hydrogen-bond donors (Lipinski definition) is 1. The van der Waals surface area contributed by atoms with Crippen LogP contribution in [0.3, 0.4) is 0 Å². The Bertz CT molecular complexity index is 694. The molecule has 0 bridgehead atoms. The van der Waals surface area contributed by atoms with E-state index in [1.54, 1.807) is 30.3 Å². The van der Waals surface area contributed by atoms with Crippen LogP contribution in [0.25, 0.3) is 0 Å². The van der Waals surface area contributed by atoms with Crippen LogP contribution in [-0.4, -0.2) is 44.1 Å². The molecule has 0 spiro atoms. The molecule has 0 radical (unpaired) electrons. The summed E-state index contributed by atoms with van der Waals surface area (Å²) in [5.41, 5.74) is 0.399. The van der Waals surface area contributed by atoms with E-state index in [9.17, 15) is 13.2 Å². The average Bonchev–Trinajstić information content (AvgIpc) is 2.92. The Morgan fingerprint density at radius 1 is 1.12 bits per heavy atom. The molecular weight excluding hydrogens is 372 g/mol. The van der Waals surface area contributed by atoms with E-state index in [0.717, 1.165) is 31.2 Å². The summed E-state index contributed by atoms with van der Waals surface area (Å²) < 4.78 is 27.1. The number of alkyl halides is 1. The summed E-state index contributed by atoms with van der Waals surface area (Å²) in [6.45, 7) is 5.31. The fourth-order valence-electron chi connectivity index (χ4n) is 2.88. The Morgan fingerprint density at radius 3 is 2.23 bits per heavy atom. The molecule has 1 amide bonds. The van der Waals surface area contributed by atoms with E-state index in [1.807, 2.05) is 12.1 Å². The van der Waals surface area contributed by atoms with E-state index in [0.29, 0.717) is 31.0 Å². The van der Waals surface area contributed by atoms with Crippen molar-refractivity contribution in [3.8, 4) is 0 Å². The maximum Gasteiger partial charge on any atom is 0.243 e. The zero-order valence-electron chi connectivity index (χ0n) is 15.6. The first-order valence-corrected chi connectivity index (χ1v) is 11.2. The molecule has 0 aromatic heterocycles. The zero-order chi connectivity index (χ0) is 19.2. The average molecular weight is 401 g/mol. The summed E-state index contributed by atoms with van der Waals surface area (Å²) >= 11 is 5.80. The third-order valence-electron chi connectivity index (χ3n) is 4.77. The van der Waals surface area contributed by atoms with Crippen molar-refractivity contribution in [3.05, 3.63) is 29.8 Å². The third kappa shape index (κ3) is 5.44. The van der Waals surface area contributed by atoms with Crippen molar-refractivity contribution in [1.82, 2.24) is 9.62 Å². The Labute approximate surface area is 162 Å². The van der Waals surface area contributed by atoms with Crippen molar-refractivity contribution in [1.29, 1.82) is 0 Å². The highest BCUT2D eigenvalue weighted by molar-refractivity contribution is 7.89. The van der Waals surface area contributed by atoms with Gasteiger partial charge in [-0.2, -0.15) is 4.31 Å². The number of sulfonamides is 1. The number of halogens is 1. The van der Waals surface area contributed by atoms with Crippen molar-refractivity contribution in [3.63, 3.8) is 0 Å². The molecule has 1 aliphatic rings. The molecule has 1 aromatic rings. The van der Waals surface area contributed by atoms with Gasteiger partial charge in [-0.25, -0.2) is 8.42 Å². The predicted molar refractivity (Wildman–Crippen MR) is 105 cm³/mol. The third-order valence-corrected chi connectivity index (χ3v) is 7.36. The molecule has 2 rings (SSSR count). The molecule has 1 saturated heterocycles. The van der Waals surface area contributed by atoms with E-state index in [4.69, 9.17) is 11.6 Å². The van der Waals surface area contributed by atoms with Crippen LogP contribution >= 0.6 is 11.6 Å². The first kappa shape index (κ1) is 21.2. The maximum absolute atomic E-state index is 12.8. The number of nitrogens with zero attached hydrogens (tertiary/aromatic N) is 1. The van der Waals surface area contributed by atoms with Gasteiger partial charge in [0.15, 0.2) is 0 Å². The van der Waals surface area contributed by atoms with Gasteiger partial charge in [0.25, 0.3) is 0 Å². The Balaban J connectivity index is 1.94. The van der Waals surface area contributed by atoms with Crippen molar-refractivity contribution in [2.24, 2.45) is 5.41 Å². The van der Waals surface area contributed by atoms with Gasteiger partial charge in [-0.05, 0) is 50.8 Å². The van der Waals surface area contributed by atoms with Gasteiger partial charge < -0.3 is 5.32 Å². The Hall–Kier alpha value is -1.11. The Kier molecular flexibility index (Phi) is 7.50. The number of benzene rings is 1. The van der Waals surface area contributed by atoms with Crippen molar-refractivity contribution in [2.75, 3.05) is 25.5 Å². The molecule has 7 heteroatoms. The fourth-order valence-corrected chi connectivity index (χ4v) is 4.52. The molecule has 1 heterocycles. The molecule has 0 unspecified atom stereocenters. The molecule has 0 aliphatic carbocycles. The first-order chi connectivity index (χ1) is 12.3. The second-order valence-corrected chi connectivity index (χ2v) is 9.69. The highest BCUT2D eigenvalue weighted by Gasteiger charge is 2.26.